The molecule has 11 rings (SSSR count). The van der Waals surface area contributed by atoms with E-state index in [0.29, 0.717) is 37.5 Å². The Morgan fingerprint density at radius 1 is 0.687 bits per heavy atom. The number of esters is 3. The second kappa shape index (κ2) is 19.2. The molecule has 382 valence electrons. The molecule has 12 nitrogen and oxygen atoms in total. The lowest BCUT2D eigenvalue weighted by molar-refractivity contribution is -0.264. The molecule has 8 atom stereocenters. The van der Waals surface area contributed by atoms with Gasteiger partial charge >= 0.3 is 23.9 Å². The van der Waals surface area contributed by atoms with E-state index in [-0.39, 0.29) is 76.7 Å². The minimum atomic E-state index is -0.842. The van der Waals surface area contributed by atoms with Crippen molar-refractivity contribution in [1.29, 1.82) is 0 Å². The summed E-state index contributed by atoms with van der Waals surface area (Å²) in [7, 11) is 0. The maximum Gasteiger partial charge on any atom is 0.312 e. The van der Waals surface area contributed by atoms with E-state index in [4.69, 9.17) is 24.1 Å². The predicted molar refractivity (Wildman–Crippen MR) is 254 cm³/mol. The molecule has 1 saturated heterocycles. The molecule has 0 aromatic carbocycles. The molecule has 3 N–H and O–H groups in total. The Labute approximate surface area is 402 Å². The van der Waals surface area contributed by atoms with E-state index >= 15 is 0 Å². The van der Waals surface area contributed by atoms with E-state index < -0.39 is 33.6 Å². The van der Waals surface area contributed by atoms with E-state index in [9.17, 15) is 34.2 Å². The third-order valence-corrected chi connectivity index (χ3v) is 19.2. The number of rotatable bonds is 12. The van der Waals surface area contributed by atoms with Crippen molar-refractivity contribution in [1.82, 2.24) is 0 Å². The first kappa shape index (κ1) is 53.8. The molecular formula is C55H90O12. The van der Waals surface area contributed by atoms with Gasteiger partial charge in [0.25, 0.3) is 0 Å². The number of carboxylic acid groups (broad SMARTS) is 1. The summed E-state index contributed by atoms with van der Waals surface area (Å²) >= 11 is 0. The molecule has 67 heavy (non-hydrogen) atoms. The van der Waals surface area contributed by atoms with Crippen molar-refractivity contribution < 1.29 is 58.2 Å². The first-order valence-electron chi connectivity index (χ1n) is 26.4. The van der Waals surface area contributed by atoms with E-state index in [1.807, 2.05) is 55.4 Å². The van der Waals surface area contributed by atoms with Gasteiger partial charge in [-0.15, -0.1) is 0 Å². The van der Waals surface area contributed by atoms with Crippen LogP contribution in [0.5, 0.6) is 0 Å². The molecule has 0 spiro atoms. The van der Waals surface area contributed by atoms with Crippen molar-refractivity contribution >= 4 is 29.7 Å². The average molecular weight is 943 g/mol. The number of aliphatic carboxylic acids is 1. The van der Waals surface area contributed by atoms with Crippen LogP contribution in [0, 0.1) is 69.0 Å². The topological polar surface area (TPSA) is 183 Å². The van der Waals surface area contributed by atoms with Gasteiger partial charge in [0, 0.05) is 30.6 Å². The van der Waals surface area contributed by atoms with Crippen molar-refractivity contribution in [2.75, 3.05) is 6.61 Å². The summed E-state index contributed by atoms with van der Waals surface area (Å²) in [5.41, 5.74) is -3.80. The highest BCUT2D eigenvalue weighted by Crippen LogP contribution is 2.65. The van der Waals surface area contributed by atoms with Crippen LogP contribution in [0.25, 0.3) is 0 Å². The lowest BCUT2D eigenvalue weighted by atomic mass is 9.46. The Balaban J connectivity index is 0.000000154. The van der Waals surface area contributed by atoms with Gasteiger partial charge in [-0.2, -0.15) is 0 Å². The number of hydrogen-bond acceptors (Lipinski definition) is 11. The summed E-state index contributed by atoms with van der Waals surface area (Å²) in [6.45, 7) is 25.6. The zero-order valence-electron chi connectivity index (χ0n) is 43.7. The average Bonchev–Trinajstić information content (AvgIpc) is 3.81. The van der Waals surface area contributed by atoms with Gasteiger partial charge in [0.2, 0.25) is 0 Å². The number of carbonyl (C=O) groups is 5. The standard InChI is InChI=1S/C19H32O2.C16H26O4.C14H20O4.C6H12O2/c1-6-17(2,3)16(20)21-18(4,5)19-10-13-7-14(11-19)9-15(8-13)12-19;1-4-13(2,3)12(17)20-16-7-11-5-14(18,9-16)8-15(19,6-11)10-16;1-3-7(2)14(16)18-12-8-4-9-10(5-8)13(12)17-6-11(9)15;1-4-6(2,3)5(7)8/h13-15H,6-12H2,1-5H3;11,18-19H,4-10H2,1-3H3;7-10,12-13H,3-6H2,1-2H3;4H2,1-3H3,(H,7,8). The Morgan fingerprint density at radius 3 is 1.64 bits per heavy atom. The molecule has 0 aromatic heterocycles. The van der Waals surface area contributed by atoms with E-state index in [0.717, 1.165) is 69.1 Å². The number of aliphatic hydroxyl groups is 2. The normalized spacial score (nSPS) is 38.9. The Bertz CT molecular complexity index is 1790. The molecule has 10 saturated carbocycles. The van der Waals surface area contributed by atoms with Crippen LogP contribution < -0.4 is 0 Å². The third kappa shape index (κ3) is 11.2. The number of fused-ring (bicyclic) bond motifs is 1. The quantitative estimate of drug-likeness (QED) is 0.125. The number of Topliss-reactive ketones (excluding diaryl/α,β-unsaturated/α-hetero) is 1. The molecular weight excluding hydrogens is 853 g/mol. The summed E-state index contributed by atoms with van der Waals surface area (Å²) in [4.78, 5) is 58.8. The van der Waals surface area contributed by atoms with E-state index in [1.165, 1.54) is 38.5 Å². The summed E-state index contributed by atoms with van der Waals surface area (Å²) in [5.74, 6) is 2.91. The number of carboxylic acids is 1. The molecule has 11 fully saturated rings. The van der Waals surface area contributed by atoms with Crippen LogP contribution in [-0.2, 0) is 42.9 Å². The third-order valence-electron chi connectivity index (χ3n) is 19.2. The highest BCUT2D eigenvalue weighted by molar-refractivity contribution is 5.84. The van der Waals surface area contributed by atoms with Gasteiger partial charge in [0.05, 0.1) is 39.5 Å². The molecule has 11 aliphatic rings. The number of ketones is 1. The fourth-order valence-electron chi connectivity index (χ4n) is 14.2. The first-order chi connectivity index (χ1) is 30.9. The van der Waals surface area contributed by atoms with Crippen LogP contribution in [0.15, 0.2) is 0 Å². The maximum absolute atomic E-state index is 12.6. The fraction of sp³-hybridized carbons (Fsp3) is 0.909. The zero-order valence-corrected chi connectivity index (χ0v) is 43.7. The van der Waals surface area contributed by atoms with Crippen LogP contribution in [0.4, 0.5) is 0 Å². The lowest BCUT2D eigenvalue weighted by Gasteiger charge is -2.62. The highest BCUT2D eigenvalue weighted by Gasteiger charge is 2.65. The Hall–Kier alpha value is -2.57. The molecule has 0 amide bonds. The lowest BCUT2D eigenvalue weighted by Crippen LogP contribution is -2.67. The van der Waals surface area contributed by atoms with Crippen molar-refractivity contribution in [3.63, 3.8) is 0 Å². The molecule has 8 unspecified atom stereocenters. The number of carbonyl (C=O) groups excluding carboxylic acids is 4. The Kier molecular flexibility index (Phi) is 15.4. The van der Waals surface area contributed by atoms with Crippen LogP contribution in [0.3, 0.4) is 0 Å². The minimum Gasteiger partial charge on any atom is -0.481 e. The van der Waals surface area contributed by atoms with Crippen LogP contribution in [0.1, 0.15) is 206 Å². The van der Waals surface area contributed by atoms with Crippen molar-refractivity contribution in [3.05, 3.63) is 0 Å². The smallest absolute Gasteiger partial charge is 0.312 e. The van der Waals surface area contributed by atoms with Crippen molar-refractivity contribution in [2.24, 2.45) is 69.0 Å². The van der Waals surface area contributed by atoms with E-state index in [1.54, 1.807) is 13.8 Å². The fourth-order valence-corrected chi connectivity index (χ4v) is 14.2. The maximum atomic E-state index is 12.6. The highest BCUT2D eigenvalue weighted by atomic mass is 16.6. The van der Waals surface area contributed by atoms with Gasteiger partial charge in [-0.3, -0.25) is 24.0 Å². The molecule has 1 aliphatic heterocycles. The SMILES string of the molecule is CCC(C)(C)C(=O)O.CCC(C)(C)C(=O)OC(C)(C)C12CC3CC(CC(C3)C1)C2.CCC(C)(C)C(=O)OC12CC3CC(O)(CC(O)(C3)C1)C2.CCC(C)C(=O)OC1C2CC3C(=O)COC1C3C2. The Morgan fingerprint density at radius 2 is 1.19 bits per heavy atom. The summed E-state index contributed by atoms with van der Waals surface area (Å²) in [5, 5.41) is 29.8. The van der Waals surface area contributed by atoms with Crippen LogP contribution >= 0.6 is 0 Å². The van der Waals surface area contributed by atoms with Crippen molar-refractivity contribution in [2.45, 2.75) is 240 Å². The molecule has 12 heteroatoms. The molecule has 0 aromatic rings. The number of hydrogen-bond donors (Lipinski definition) is 3. The van der Waals surface area contributed by atoms with Gasteiger partial charge in [0.1, 0.15) is 23.9 Å². The van der Waals surface area contributed by atoms with Gasteiger partial charge < -0.3 is 34.3 Å². The largest absolute Gasteiger partial charge is 0.481 e. The summed E-state index contributed by atoms with van der Waals surface area (Å²) in [6, 6.07) is 0. The van der Waals surface area contributed by atoms with E-state index in [2.05, 4.69) is 20.8 Å². The molecule has 10 aliphatic carbocycles. The van der Waals surface area contributed by atoms with Gasteiger partial charge in [-0.25, -0.2) is 0 Å². The second-order valence-corrected chi connectivity index (χ2v) is 26.1. The van der Waals surface area contributed by atoms with Gasteiger partial charge in [-0.05, 0) is 187 Å². The second-order valence-electron chi connectivity index (χ2n) is 26.1. The molecule has 10 bridgehead atoms. The monoisotopic (exact) mass is 943 g/mol. The molecule has 1 heterocycles. The van der Waals surface area contributed by atoms with Crippen LogP contribution in [0.2, 0.25) is 0 Å². The minimum absolute atomic E-state index is 0.00857. The first-order valence-corrected chi connectivity index (χ1v) is 26.4. The zero-order chi connectivity index (χ0) is 49.9. The van der Waals surface area contributed by atoms with Gasteiger partial charge in [0.15, 0.2) is 5.78 Å². The molecule has 0 radical (unpaired) electrons. The number of ether oxygens (including phenoxy) is 4. The van der Waals surface area contributed by atoms with Crippen molar-refractivity contribution in [3.8, 4) is 0 Å². The predicted octanol–water partition coefficient (Wildman–Crippen LogP) is 10.2. The summed E-state index contributed by atoms with van der Waals surface area (Å²) in [6.07, 6.45) is 16.6. The summed E-state index contributed by atoms with van der Waals surface area (Å²) < 4.78 is 23.3. The van der Waals surface area contributed by atoms with Gasteiger partial charge in [-0.1, -0.05) is 34.6 Å². The van der Waals surface area contributed by atoms with Crippen LogP contribution in [-0.4, -0.2) is 86.2 Å².